The molecule has 1 atom stereocenters. The molecular weight excluding hydrogens is 396 g/mol. The summed E-state index contributed by atoms with van der Waals surface area (Å²) in [4.78, 5) is 37.0. The molecule has 1 aromatic heterocycles. The predicted molar refractivity (Wildman–Crippen MR) is 108 cm³/mol. The highest BCUT2D eigenvalue weighted by molar-refractivity contribution is 7.16. The number of hydrogen-bond acceptors (Lipinski definition) is 7. The zero-order chi connectivity index (χ0) is 21.1. The van der Waals surface area contributed by atoms with Crippen LogP contribution in [0.4, 0.5) is 5.00 Å². The van der Waals surface area contributed by atoms with E-state index in [0.29, 0.717) is 16.5 Å². The Bertz CT molecular complexity index is 968. The minimum atomic E-state index is -0.651. The zero-order valence-corrected chi connectivity index (χ0v) is 17.4. The first-order chi connectivity index (χ1) is 13.8. The number of esters is 1. The van der Waals surface area contributed by atoms with Crippen molar-refractivity contribution in [3.63, 3.8) is 0 Å². The molecule has 1 aliphatic rings. The lowest BCUT2D eigenvalue weighted by Crippen LogP contribution is -2.31. The molecule has 8 nitrogen and oxygen atoms in total. The van der Waals surface area contributed by atoms with Crippen molar-refractivity contribution in [1.82, 2.24) is 5.32 Å². The van der Waals surface area contributed by atoms with Crippen molar-refractivity contribution in [3.8, 4) is 11.5 Å². The van der Waals surface area contributed by atoms with Gasteiger partial charge in [-0.2, -0.15) is 0 Å². The van der Waals surface area contributed by atoms with Crippen LogP contribution in [0.15, 0.2) is 18.2 Å². The predicted octanol–water partition coefficient (Wildman–Crippen LogP) is 3.09. The first-order valence-corrected chi connectivity index (χ1v) is 9.81. The third-order valence-electron chi connectivity index (χ3n) is 4.49. The molecule has 0 aliphatic carbocycles. The van der Waals surface area contributed by atoms with Crippen molar-refractivity contribution in [2.75, 3.05) is 18.7 Å². The Morgan fingerprint density at radius 2 is 1.93 bits per heavy atom. The quantitative estimate of drug-likeness (QED) is 0.699. The van der Waals surface area contributed by atoms with E-state index in [0.717, 1.165) is 16.0 Å². The van der Waals surface area contributed by atoms with Crippen molar-refractivity contribution < 1.29 is 28.6 Å². The van der Waals surface area contributed by atoms with Gasteiger partial charge in [0.25, 0.3) is 5.91 Å². The lowest BCUT2D eigenvalue weighted by Gasteiger charge is -2.15. The van der Waals surface area contributed by atoms with E-state index < -0.39 is 18.5 Å². The number of anilines is 1. The van der Waals surface area contributed by atoms with E-state index >= 15 is 0 Å². The van der Waals surface area contributed by atoms with Crippen LogP contribution in [-0.2, 0) is 14.3 Å². The van der Waals surface area contributed by atoms with E-state index in [2.05, 4.69) is 10.6 Å². The van der Waals surface area contributed by atoms with Crippen LogP contribution in [0.25, 0.3) is 0 Å². The van der Waals surface area contributed by atoms with Gasteiger partial charge in [0, 0.05) is 11.8 Å². The Kier molecular flexibility index (Phi) is 6.07. The van der Waals surface area contributed by atoms with Crippen LogP contribution in [-0.4, -0.2) is 31.2 Å². The molecule has 1 aliphatic heterocycles. The first kappa shape index (κ1) is 20.7. The highest BCUT2D eigenvalue weighted by Crippen LogP contribution is 2.34. The van der Waals surface area contributed by atoms with Crippen molar-refractivity contribution in [2.45, 2.75) is 33.7 Å². The van der Waals surface area contributed by atoms with E-state index in [4.69, 9.17) is 14.2 Å². The van der Waals surface area contributed by atoms with Crippen molar-refractivity contribution in [1.29, 1.82) is 0 Å². The summed E-state index contributed by atoms with van der Waals surface area (Å²) in [5, 5.41) is 5.84. The van der Waals surface area contributed by atoms with Gasteiger partial charge in [0.05, 0.1) is 11.6 Å². The van der Waals surface area contributed by atoms with Crippen molar-refractivity contribution in [2.24, 2.45) is 0 Å². The molecule has 9 heteroatoms. The second-order valence-corrected chi connectivity index (χ2v) is 7.87. The average molecular weight is 418 g/mol. The van der Waals surface area contributed by atoms with Crippen LogP contribution in [0.2, 0.25) is 0 Å². The summed E-state index contributed by atoms with van der Waals surface area (Å²) in [6.07, 6.45) is 0. The van der Waals surface area contributed by atoms with E-state index in [1.807, 2.05) is 19.9 Å². The third-order valence-corrected chi connectivity index (χ3v) is 5.61. The van der Waals surface area contributed by atoms with Gasteiger partial charge in [-0.15, -0.1) is 11.3 Å². The monoisotopic (exact) mass is 418 g/mol. The number of aryl methyl sites for hydroxylation is 1. The number of nitrogens with one attached hydrogen (secondary N) is 2. The summed E-state index contributed by atoms with van der Waals surface area (Å²) < 4.78 is 15.8. The van der Waals surface area contributed by atoms with Crippen LogP contribution in [0.3, 0.4) is 0 Å². The number of benzene rings is 1. The summed E-state index contributed by atoms with van der Waals surface area (Å²) in [5.41, 5.74) is 1.84. The average Bonchev–Trinajstić information content (AvgIpc) is 3.23. The van der Waals surface area contributed by atoms with Crippen LogP contribution >= 0.6 is 11.3 Å². The van der Waals surface area contributed by atoms with Gasteiger partial charge in [0.2, 0.25) is 12.7 Å². The molecule has 3 rings (SSSR count). The van der Waals surface area contributed by atoms with Gasteiger partial charge in [-0.05, 0) is 44.0 Å². The topological polar surface area (TPSA) is 103 Å². The Morgan fingerprint density at radius 3 is 2.66 bits per heavy atom. The highest BCUT2D eigenvalue weighted by Gasteiger charge is 2.23. The minimum Gasteiger partial charge on any atom is -0.454 e. The van der Waals surface area contributed by atoms with Gasteiger partial charge < -0.3 is 24.8 Å². The lowest BCUT2D eigenvalue weighted by molar-refractivity contribution is -0.124. The van der Waals surface area contributed by atoms with Gasteiger partial charge >= 0.3 is 5.97 Å². The van der Waals surface area contributed by atoms with Crippen LogP contribution in [0.5, 0.6) is 11.5 Å². The maximum absolute atomic E-state index is 12.5. The molecule has 0 spiro atoms. The molecule has 2 heterocycles. The van der Waals surface area contributed by atoms with Crippen LogP contribution < -0.4 is 20.1 Å². The standard InChI is InChI=1S/C20H22N2O6S/c1-10-12(3)29-19(22-13(4)23)18(10)20(25)26-8-17(24)21-11(2)14-5-6-15-16(7-14)28-9-27-15/h5-7,11H,8-9H2,1-4H3,(H,21,24)(H,22,23)/t11-/m0/s1. The first-order valence-electron chi connectivity index (χ1n) is 9.00. The van der Waals surface area contributed by atoms with Gasteiger partial charge in [0.1, 0.15) is 5.00 Å². The molecule has 1 aromatic carbocycles. The molecule has 2 amide bonds. The normalized spacial score (nSPS) is 13.0. The fourth-order valence-electron chi connectivity index (χ4n) is 2.87. The molecule has 0 saturated heterocycles. The molecule has 0 saturated carbocycles. The van der Waals surface area contributed by atoms with E-state index in [-0.39, 0.29) is 24.3 Å². The van der Waals surface area contributed by atoms with Crippen LogP contribution in [0.1, 0.15) is 46.3 Å². The van der Waals surface area contributed by atoms with Gasteiger partial charge in [-0.3, -0.25) is 9.59 Å². The number of rotatable bonds is 6. The van der Waals surface area contributed by atoms with Gasteiger partial charge in [-0.25, -0.2) is 4.79 Å². The number of carbonyl (C=O) groups excluding carboxylic acids is 3. The number of hydrogen-bond donors (Lipinski definition) is 2. The summed E-state index contributed by atoms with van der Waals surface area (Å²) >= 11 is 1.29. The maximum atomic E-state index is 12.5. The Labute approximate surface area is 172 Å². The summed E-state index contributed by atoms with van der Waals surface area (Å²) in [6, 6.07) is 5.11. The molecule has 2 aromatic rings. The molecule has 0 unspecified atom stereocenters. The molecule has 29 heavy (non-hydrogen) atoms. The summed E-state index contributed by atoms with van der Waals surface area (Å²) in [5.74, 6) is -0.0762. The largest absolute Gasteiger partial charge is 0.454 e. The minimum absolute atomic E-state index is 0.178. The molecular formula is C20H22N2O6S. The van der Waals surface area contributed by atoms with E-state index in [9.17, 15) is 14.4 Å². The van der Waals surface area contributed by atoms with Gasteiger partial charge in [-0.1, -0.05) is 6.07 Å². The number of thiophene rings is 1. The maximum Gasteiger partial charge on any atom is 0.341 e. The number of ether oxygens (including phenoxy) is 3. The van der Waals surface area contributed by atoms with E-state index in [1.165, 1.54) is 18.3 Å². The Morgan fingerprint density at radius 1 is 1.21 bits per heavy atom. The Hall–Kier alpha value is -3.07. The molecule has 0 fully saturated rings. The number of carbonyl (C=O) groups is 3. The fourth-order valence-corrected chi connectivity index (χ4v) is 3.97. The third kappa shape index (κ3) is 4.68. The lowest BCUT2D eigenvalue weighted by atomic mass is 10.1. The van der Waals surface area contributed by atoms with E-state index in [1.54, 1.807) is 19.1 Å². The zero-order valence-electron chi connectivity index (χ0n) is 16.6. The smallest absolute Gasteiger partial charge is 0.341 e. The second-order valence-electron chi connectivity index (χ2n) is 6.65. The molecule has 0 radical (unpaired) electrons. The van der Waals surface area contributed by atoms with Crippen LogP contribution in [0, 0.1) is 13.8 Å². The summed E-state index contributed by atoms with van der Waals surface area (Å²) in [7, 11) is 0. The SMILES string of the molecule is CC(=O)Nc1sc(C)c(C)c1C(=O)OCC(=O)N[C@@H](C)c1ccc2c(c1)OCO2. The summed E-state index contributed by atoms with van der Waals surface area (Å²) in [6.45, 7) is 6.55. The van der Waals surface area contributed by atoms with Crippen molar-refractivity contribution >= 4 is 34.1 Å². The number of amides is 2. The molecule has 154 valence electrons. The Balaban J connectivity index is 1.59. The highest BCUT2D eigenvalue weighted by atomic mass is 32.1. The second kappa shape index (κ2) is 8.52. The molecule has 0 bridgehead atoms. The van der Waals surface area contributed by atoms with Gasteiger partial charge in [0.15, 0.2) is 18.1 Å². The van der Waals surface area contributed by atoms with Crippen molar-refractivity contribution in [3.05, 3.63) is 39.8 Å². The molecule has 2 N–H and O–H groups in total. The number of fused-ring (bicyclic) bond motifs is 1. The fraction of sp³-hybridized carbons (Fsp3) is 0.350.